The van der Waals surface area contributed by atoms with Crippen LogP contribution in [0.5, 0.6) is 0 Å². The lowest BCUT2D eigenvalue weighted by Gasteiger charge is -2.12. The number of hydrogen-bond donors (Lipinski definition) is 2. The number of carbonyl (C=O) groups excluding carboxylic acids is 1. The van der Waals surface area contributed by atoms with Gasteiger partial charge in [0.05, 0.1) is 5.69 Å². The minimum atomic E-state index is -1.37. The molecule has 0 spiro atoms. The van der Waals surface area contributed by atoms with E-state index in [2.05, 4.69) is 10.0 Å². The highest BCUT2D eigenvalue weighted by Crippen LogP contribution is 2.20. The predicted octanol–water partition coefficient (Wildman–Crippen LogP) is 5.23. The van der Waals surface area contributed by atoms with Crippen LogP contribution in [0.15, 0.2) is 102 Å². The number of para-hydroxylation sites is 1. The Morgan fingerprint density at radius 1 is 0.714 bits per heavy atom. The van der Waals surface area contributed by atoms with Crippen LogP contribution >= 0.6 is 0 Å². The van der Waals surface area contributed by atoms with Gasteiger partial charge in [0, 0.05) is 11.3 Å². The van der Waals surface area contributed by atoms with Crippen LogP contribution in [-0.4, -0.2) is 10.5 Å². The molecule has 1 unspecified atom stereocenters. The van der Waals surface area contributed by atoms with E-state index in [4.69, 9.17) is 0 Å². The van der Waals surface area contributed by atoms with Crippen molar-refractivity contribution in [1.29, 1.82) is 0 Å². The zero-order valence-corrected chi connectivity index (χ0v) is 15.8. The van der Waals surface area contributed by atoms with Crippen molar-refractivity contribution >= 4 is 39.4 Å². The van der Waals surface area contributed by atoms with Gasteiger partial charge in [0.25, 0.3) is 5.91 Å². The van der Waals surface area contributed by atoms with Gasteiger partial charge in [-0.25, -0.2) is 4.72 Å². The van der Waals surface area contributed by atoms with Gasteiger partial charge in [0.15, 0.2) is 4.90 Å². The van der Waals surface area contributed by atoms with Crippen LogP contribution in [0.25, 0.3) is 10.8 Å². The van der Waals surface area contributed by atoms with E-state index in [0.29, 0.717) is 16.1 Å². The Labute approximate surface area is 166 Å². The first-order valence-corrected chi connectivity index (χ1v) is 9.98. The molecule has 4 rings (SSSR count). The van der Waals surface area contributed by atoms with E-state index in [1.54, 1.807) is 24.3 Å². The summed E-state index contributed by atoms with van der Waals surface area (Å²) < 4.78 is 15.4. The summed E-state index contributed by atoms with van der Waals surface area (Å²) in [4.78, 5) is 13.2. The molecule has 138 valence electrons. The second-order valence-corrected chi connectivity index (χ2v) is 7.49. The second kappa shape index (κ2) is 8.17. The fourth-order valence-electron chi connectivity index (χ4n) is 2.87. The summed E-state index contributed by atoms with van der Waals surface area (Å²) in [5.74, 6) is -0.179. The van der Waals surface area contributed by atoms with Crippen molar-refractivity contribution in [1.82, 2.24) is 0 Å². The van der Waals surface area contributed by atoms with Crippen LogP contribution in [0.4, 0.5) is 11.4 Å². The topological polar surface area (TPSA) is 64.2 Å². The van der Waals surface area contributed by atoms with E-state index >= 15 is 0 Å². The number of benzene rings is 4. The van der Waals surface area contributed by atoms with Crippen molar-refractivity contribution < 1.29 is 9.35 Å². The summed E-state index contributed by atoms with van der Waals surface area (Å²) in [6.07, 6.45) is 0. The Morgan fingerprint density at radius 3 is 2.14 bits per heavy atom. The summed E-state index contributed by atoms with van der Waals surface area (Å²) in [6.45, 7) is 0. The highest BCUT2D eigenvalue weighted by atomic mass is 32.2. The number of hydrogen-bond acceptors (Lipinski definition) is 3. The molecular weight excluding hydrogens is 368 g/mol. The van der Waals surface area contributed by atoms with Crippen molar-refractivity contribution in [3.8, 4) is 0 Å². The zero-order chi connectivity index (χ0) is 19.3. The molecule has 1 amide bonds. The summed E-state index contributed by atoms with van der Waals surface area (Å²) in [5.41, 5.74) is 2.03. The molecule has 28 heavy (non-hydrogen) atoms. The molecule has 0 saturated heterocycles. The maximum absolute atomic E-state index is 12.5. The molecule has 0 saturated carbocycles. The molecule has 0 radical (unpaired) electrons. The van der Waals surface area contributed by atoms with Crippen molar-refractivity contribution in [3.63, 3.8) is 0 Å². The largest absolute Gasteiger partial charge is 0.588 e. The third kappa shape index (κ3) is 4.17. The standard InChI is InChI=1S/C23H18N2O2S/c26-23(19-11-10-17-6-4-5-7-18(17)16-19)24-20-12-14-22(15-13-20)28(27)25-21-8-2-1-3-9-21/h1-16,25H,(H,24,26). The first kappa shape index (κ1) is 18.1. The van der Waals surface area contributed by atoms with Gasteiger partial charge < -0.3 is 9.87 Å². The van der Waals surface area contributed by atoms with Crippen molar-refractivity contribution in [2.24, 2.45) is 0 Å². The smallest absolute Gasteiger partial charge is 0.255 e. The van der Waals surface area contributed by atoms with Crippen LogP contribution in [0.1, 0.15) is 10.4 Å². The van der Waals surface area contributed by atoms with Crippen molar-refractivity contribution in [2.75, 3.05) is 10.0 Å². The molecule has 0 aliphatic rings. The monoisotopic (exact) mass is 386 g/mol. The molecule has 2 N–H and O–H groups in total. The molecule has 1 atom stereocenters. The number of carbonyl (C=O) groups is 1. The molecule has 4 aromatic rings. The number of nitrogens with one attached hydrogen (secondary N) is 2. The SMILES string of the molecule is O=C(Nc1ccc([S+]([O-])Nc2ccccc2)cc1)c1ccc2ccccc2c1. The van der Waals surface area contributed by atoms with E-state index in [0.717, 1.165) is 16.5 Å². The minimum absolute atomic E-state index is 0.179. The number of fused-ring (bicyclic) bond motifs is 1. The Kier molecular flexibility index (Phi) is 5.28. The summed E-state index contributed by atoms with van der Waals surface area (Å²) in [6, 6.07) is 29.9. The highest BCUT2D eigenvalue weighted by Gasteiger charge is 2.12. The quantitative estimate of drug-likeness (QED) is 0.462. The number of anilines is 2. The van der Waals surface area contributed by atoms with Crippen LogP contribution in [-0.2, 0) is 11.4 Å². The molecule has 0 aromatic heterocycles. The molecule has 0 aliphatic carbocycles. The van der Waals surface area contributed by atoms with Gasteiger partial charge in [-0.05, 0) is 59.3 Å². The van der Waals surface area contributed by atoms with Crippen LogP contribution in [0, 0.1) is 0 Å². The third-order valence-corrected chi connectivity index (χ3v) is 5.44. The van der Waals surface area contributed by atoms with Gasteiger partial charge in [0.2, 0.25) is 0 Å². The van der Waals surface area contributed by atoms with Gasteiger partial charge in [-0.3, -0.25) is 4.79 Å². The van der Waals surface area contributed by atoms with Gasteiger partial charge in [-0.15, -0.1) is 0 Å². The first-order chi connectivity index (χ1) is 13.7. The molecule has 0 fully saturated rings. The summed E-state index contributed by atoms with van der Waals surface area (Å²) >= 11 is -1.37. The van der Waals surface area contributed by atoms with Gasteiger partial charge in [0.1, 0.15) is 11.4 Å². The van der Waals surface area contributed by atoms with Crippen LogP contribution < -0.4 is 10.0 Å². The van der Waals surface area contributed by atoms with E-state index < -0.39 is 11.4 Å². The Balaban J connectivity index is 1.44. The van der Waals surface area contributed by atoms with E-state index in [1.807, 2.05) is 72.8 Å². The Bertz CT molecular complexity index is 1100. The first-order valence-electron chi connectivity index (χ1n) is 8.83. The fraction of sp³-hybridized carbons (Fsp3) is 0. The average molecular weight is 386 g/mol. The van der Waals surface area contributed by atoms with E-state index in [1.165, 1.54) is 0 Å². The molecule has 4 nitrogen and oxygen atoms in total. The molecule has 5 heteroatoms. The normalized spacial score (nSPS) is 11.8. The van der Waals surface area contributed by atoms with E-state index in [9.17, 15) is 9.35 Å². The molecule has 0 aliphatic heterocycles. The summed E-state index contributed by atoms with van der Waals surface area (Å²) in [5, 5.41) is 5.00. The third-order valence-electron chi connectivity index (χ3n) is 4.32. The van der Waals surface area contributed by atoms with Crippen LogP contribution in [0.2, 0.25) is 0 Å². The lowest BCUT2D eigenvalue weighted by atomic mass is 10.1. The molecular formula is C23H18N2O2S. The minimum Gasteiger partial charge on any atom is -0.588 e. The van der Waals surface area contributed by atoms with Gasteiger partial charge >= 0.3 is 0 Å². The van der Waals surface area contributed by atoms with Gasteiger partial charge in [-0.2, -0.15) is 0 Å². The Morgan fingerprint density at radius 2 is 1.39 bits per heavy atom. The highest BCUT2D eigenvalue weighted by molar-refractivity contribution is 7.92. The molecule has 0 heterocycles. The maximum Gasteiger partial charge on any atom is 0.255 e. The summed E-state index contributed by atoms with van der Waals surface area (Å²) in [7, 11) is 0. The second-order valence-electron chi connectivity index (χ2n) is 6.28. The van der Waals surface area contributed by atoms with Gasteiger partial charge in [-0.1, -0.05) is 48.5 Å². The molecule has 0 bridgehead atoms. The zero-order valence-electron chi connectivity index (χ0n) is 15.0. The maximum atomic E-state index is 12.5. The van der Waals surface area contributed by atoms with Crippen molar-refractivity contribution in [2.45, 2.75) is 4.90 Å². The lowest BCUT2D eigenvalue weighted by molar-refractivity contribution is 0.102. The number of rotatable bonds is 5. The predicted molar refractivity (Wildman–Crippen MR) is 115 cm³/mol. The van der Waals surface area contributed by atoms with E-state index in [-0.39, 0.29) is 5.91 Å². The number of amides is 1. The van der Waals surface area contributed by atoms with Crippen LogP contribution in [0.3, 0.4) is 0 Å². The fourth-order valence-corrected chi connectivity index (χ4v) is 3.72. The lowest BCUT2D eigenvalue weighted by Crippen LogP contribution is -2.14. The Hall–Kier alpha value is -3.28. The average Bonchev–Trinajstić information content (AvgIpc) is 2.74. The van der Waals surface area contributed by atoms with Crippen molar-refractivity contribution in [3.05, 3.63) is 103 Å². The molecule has 4 aromatic carbocycles.